The first-order chi connectivity index (χ1) is 7.67. The second kappa shape index (κ2) is 11.7. The normalized spacial score (nSPS) is 12.8. The summed E-state index contributed by atoms with van der Waals surface area (Å²) in [6, 6.07) is -0.723. The fraction of sp³-hybridized carbons (Fsp3) is 0.818. The van der Waals surface area contributed by atoms with E-state index in [1.165, 1.54) is 0 Å². The lowest BCUT2D eigenvalue weighted by atomic mass is 10.1. The van der Waals surface area contributed by atoms with Crippen LogP contribution in [-0.2, 0) is 14.1 Å². The minimum absolute atomic E-state index is 0. The number of carbonyl (C=O) groups is 1. The van der Waals surface area contributed by atoms with E-state index in [1.807, 2.05) is 0 Å². The number of nitrogens with two attached hydrogens (primary N) is 1. The van der Waals surface area contributed by atoms with Crippen molar-refractivity contribution < 1.29 is 19.4 Å². The smallest absolute Gasteiger partial charge is 0.571 e. The van der Waals surface area contributed by atoms with Crippen molar-refractivity contribution in [2.45, 2.75) is 52.0 Å². The SMILES string of the molecule is CCCCCCOC(=[O+][O-])C(=O)C(N)CC.Cl. The molecular weight excluding hydrogens is 246 g/mol. The van der Waals surface area contributed by atoms with Crippen LogP contribution >= 0.6 is 12.4 Å². The molecule has 6 heteroatoms. The van der Waals surface area contributed by atoms with Crippen LogP contribution in [0.4, 0.5) is 0 Å². The molecule has 0 saturated heterocycles. The average molecular weight is 268 g/mol. The predicted octanol–water partition coefficient (Wildman–Crippen LogP) is 0.649. The molecule has 0 aromatic carbocycles. The number of carbonyl (C=O) groups excluding carboxylic acids is 2. The molecule has 0 rings (SSSR count). The van der Waals surface area contributed by atoms with Gasteiger partial charge in [0.2, 0.25) is 0 Å². The summed E-state index contributed by atoms with van der Waals surface area (Å²) < 4.78 is 8.63. The molecule has 5 nitrogen and oxygen atoms in total. The minimum Gasteiger partial charge on any atom is -0.588 e. The highest BCUT2D eigenvalue weighted by atomic mass is 35.5. The van der Waals surface area contributed by atoms with E-state index in [4.69, 9.17) is 10.5 Å². The molecule has 2 N–H and O–H groups in total. The van der Waals surface area contributed by atoms with E-state index in [0.717, 1.165) is 25.7 Å². The van der Waals surface area contributed by atoms with Crippen molar-refractivity contribution in [1.29, 1.82) is 0 Å². The van der Waals surface area contributed by atoms with Gasteiger partial charge < -0.3 is 15.7 Å². The van der Waals surface area contributed by atoms with E-state index >= 15 is 0 Å². The van der Waals surface area contributed by atoms with Crippen LogP contribution in [0, 0.1) is 0 Å². The number of unbranched alkanes of at least 4 members (excludes halogenated alkanes) is 3. The summed E-state index contributed by atoms with van der Waals surface area (Å²) in [6.45, 7) is 4.18. The van der Waals surface area contributed by atoms with E-state index in [2.05, 4.69) is 11.5 Å². The van der Waals surface area contributed by atoms with Crippen LogP contribution in [0.3, 0.4) is 0 Å². The molecule has 102 valence electrons. The van der Waals surface area contributed by atoms with Gasteiger partial charge in [-0.3, -0.25) is 9.37 Å². The van der Waals surface area contributed by atoms with Crippen LogP contribution in [-0.4, -0.2) is 24.4 Å². The van der Waals surface area contributed by atoms with Crippen LogP contribution in [0.25, 0.3) is 0 Å². The third-order valence-electron chi connectivity index (χ3n) is 2.28. The molecule has 0 aliphatic carbocycles. The van der Waals surface area contributed by atoms with Crippen LogP contribution in [0.5, 0.6) is 0 Å². The number of Topliss-reactive ketones (excluding diaryl/α,β-unsaturated/α-hetero) is 1. The molecule has 1 atom stereocenters. The molecule has 1 unspecified atom stereocenters. The second-order valence-corrected chi connectivity index (χ2v) is 3.66. The van der Waals surface area contributed by atoms with Crippen molar-refractivity contribution in [3.05, 3.63) is 0 Å². The average Bonchev–Trinajstić information content (AvgIpc) is 2.32. The summed E-state index contributed by atoms with van der Waals surface area (Å²) in [4.78, 5) is 11.4. The van der Waals surface area contributed by atoms with Crippen molar-refractivity contribution in [3.8, 4) is 0 Å². The molecule has 0 aliphatic heterocycles. The van der Waals surface area contributed by atoms with Gasteiger partial charge in [-0.25, -0.2) is 0 Å². The number of hydrogen-bond acceptors (Lipinski definition) is 4. The summed E-state index contributed by atoms with van der Waals surface area (Å²) in [7, 11) is 0. The maximum absolute atomic E-state index is 11.4. The summed E-state index contributed by atoms with van der Waals surface area (Å²) >= 11 is 0. The Morgan fingerprint density at radius 2 is 2.00 bits per heavy atom. The van der Waals surface area contributed by atoms with Crippen LogP contribution < -0.4 is 11.0 Å². The number of rotatable bonds is 8. The van der Waals surface area contributed by atoms with E-state index in [0.29, 0.717) is 13.0 Å². The van der Waals surface area contributed by atoms with E-state index in [1.54, 1.807) is 6.92 Å². The van der Waals surface area contributed by atoms with E-state index in [9.17, 15) is 10.1 Å². The topological polar surface area (TPSA) is 86.7 Å². The molecule has 0 fully saturated rings. The van der Waals surface area contributed by atoms with Crippen LogP contribution in [0.2, 0.25) is 0 Å². The van der Waals surface area contributed by atoms with Gasteiger partial charge in [-0.1, -0.05) is 26.7 Å². The van der Waals surface area contributed by atoms with Crippen molar-refractivity contribution in [3.63, 3.8) is 0 Å². The van der Waals surface area contributed by atoms with Gasteiger partial charge in [0.1, 0.15) is 0 Å². The molecule has 0 radical (unpaired) electrons. The van der Waals surface area contributed by atoms with Gasteiger partial charge in [0.15, 0.2) is 6.61 Å². The number of hydrogen-bond donors (Lipinski definition) is 1. The van der Waals surface area contributed by atoms with Crippen LogP contribution in [0.15, 0.2) is 0 Å². The quantitative estimate of drug-likeness (QED) is 0.175. The lowest BCUT2D eigenvalue weighted by molar-refractivity contribution is -1.05. The number of esters is 1. The van der Waals surface area contributed by atoms with E-state index < -0.39 is 17.8 Å². The minimum atomic E-state index is -0.723. The monoisotopic (exact) mass is 267 g/mol. The van der Waals surface area contributed by atoms with Gasteiger partial charge in [-0.15, -0.1) is 12.4 Å². The summed E-state index contributed by atoms with van der Waals surface area (Å²) in [6.07, 6.45) is 4.49. The van der Waals surface area contributed by atoms with Crippen molar-refractivity contribution >= 4 is 24.2 Å². The Kier molecular flexibility index (Phi) is 12.7. The fourth-order valence-electron chi connectivity index (χ4n) is 1.17. The molecule has 0 bridgehead atoms. The molecule has 17 heavy (non-hydrogen) atoms. The van der Waals surface area contributed by atoms with Gasteiger partial charge in [0.25, 0.3) is 0 Å². The number of ether oxygens (including phenoxy) is 1. The molecule has 0 aromatic rings. The summed E-state index contributed by atoms with van der Waals surface area (Å²) in [5, 5.41) is 10.3. The zero-order chi connectivity index (χ0) is 12.4. The van der Waals surface area contributed by atoms with Gasteiger partial charge in [-0.2, -0.15) is 0 Å². The molecule has 0 aromatic heterocycles. The molecule has 0 aliphatic rings. The second-order valence-electron chi connectivity index (χ2n) is 3.66. The number of ketones is 1. The van der Waals surface area contributed by atoms with Gasteiger partial charge in [0.05, 0.1) is 6.04 Å². The largest absolute Gasteiger partial charge is 0.588 e. The molecule has 0 saturated carbocycles. The Morgan fingerprint density at radius 3 is 2.47 bits per heavy atom. The Labute approximate surface area is 108 Å². The Balaban J connectivity index is 0. The first-order valence-electron chi connectivity index (χ1n) is 5.76. The van der Waals surface area contributed by atoms with E-state index in [-0.39, 0.29) is 12.4 Å². The van der Waals surface area contributed by atoms with Crippen molar-refractivity contribution in [2.75, 3.05) is 6.61 Å². The Hall–Kier alpha value is -0.810. The highest BCUT2D eigenvalue weighted by molar-refractivity contribution is 6.35. The Bertz CT molecular complexity index is 234. The molecule has 0 spiro atoms. The first kappa shape index (κ1) is 18.6. The maximum atomic E-state index is 11.4. The highest BCUT2D eigenvalue weighted by Crippen LogP contribution is 2.00. The predicted molar refractivity (Wildman–Crippen MR) is 65.6 cm³/mol. The molecule has 0 amide bonds. The fourth-order valence-corrected chi connectivity index (χ4v) is 1.17. The molecular formula is C11H22ClNO4. The van der Waals surface area contributed by atoms with Crippen molar-refractivity contribution in [2.24, 2.45) is 5.73 Å². The summed E-state index contributed by atoms with van der Waals surface area (Å²) in [5.74, 6) is -1.07. The Morgan fingerprint density at radius 1 is 1.35 bits per heavy atom. The van der Waals surface area contributed by atoms with Gasteiger partial charge in [0, 0.05) is 6.42 Å². The third kappa shape index (κ3) is 7.99. The standard InChI is InChI=1S/C11H21NO4.ClH/c1-3-5-6-7-8-15-11(16-14)10(13)9(12)4-2;/h9H,3-8,12H2,1-2H3;1H. The number of halogens is 1. The first-order valence-corrected chi connectivity index (χ1v) is 5.76. The highest BCUT2D eigenvalue weighted by Gasteiger charge is 2.30. The lowest BCUT2D eigenvalue weighted by Crippen LogP contribution is -2.38. The maximum Gasteiger partial charge on any atom is 0.571 e. The molecule has 0 heterocycles. The zero-order valence-electron chi connectivity index (χ0n) is 10.4. The van der Waals surface area contributed by atoms with Gasteiger partial charge in [-0.05, 0) is 12.8 Å². The van der Waals surface area contributed by atoms with Crippen molar-refractivity contribution in [1.82, 2.24) is 0 Å². The van der Waals surface area contributed by atoms with Gasteiger partial charge >= 0.3 is 11.8 Å². The summed E-state index contributed by atoms with van der Waals surface area (Å²) in [5.41, 5.74) is 5.48. The third-order valence-corrected chi connectivity index (χ3v) is 2.28. The zero-order valence-corrected chi connectivity index (χ0v) is 11.3. The lowest BCUT2D eigenvalue weighted by Gasteiger charge is -2.03. The van der Waals surface area contributed by atoms with Crippen LogP contribution in [0.1, 0.15) is 46.0 Å².